The fourth-order valence-electron chi connectivity index (χ4n) is 2.01. The van der Waals surface area contributed by atoms with Crippen molar-refractivity contribution >= 4 is 12.0 Å². The summed E-state index contributed by atoms with van der Waals surface area (Å²) in [6, 6.07) is -0.247. The van der Waals surface area contributed by atoms with Gasteiger partial charge in [-0.25, -0.2) is 4.79 Å². The molecular formula is C14H24N4O3. The Morgan fingerprint density at radius 2 is 2.14 bits per heavy atom. The second-order valence-corrected chi connectivity index (χ2v) is 5.23. The summed E-state index contributed by atoms with van der Waals surface area (Å²) in [6.07, 6.45) is 3.40. The van der Waals surface area contributed by atoms with Crippen molar-refractivity contribution in [2.24, 2.45) is 13.0 Å². The fourth-order valence-corrected chi connectivity index (χ4v) is 2.01. The van der Waals surface area contributed by atoms with Crippen molar-refractivity contribution < 1.29 is 14.7 Å². The highest BCUT2D eigenvalue weighted by atomic mass is 16.4. The Kier molecular flexibility index (Phi) is 6.71. The maximum absolute atomic E-state index is 11.7. The molecule has 2 amide bonds. The fraction of sp³-hybridized carbons (Fsp3) is 0.643. The van der Waals surface area contributed by atoms with Crippen molar-refractivity contribution in [1.82, 2.24) is 20.4 Å². The molecule has 3 N–H and O–H groups in total. The van der Waals surface area contributed by atoms with Gasteiger partial charge >= 0.3 is 12.0 Å². The van der Waals surface area contributed by atoms with Crippen LogP contribution in [0.5, 0.6) is 0 Å². The molecule has 0 saturated heterocycles. The van der Waals surface area contributed by atoms with Gasteiger partial charge in [-0.15, -0.1) is 0 Å². The molecule has 118 valence electrons. The van der Waals surface area contributed by atoms with Gasteiger partial charge in [0.2, 0.25) is 0 Å². The molecule has 21 heavy (non-hydrogen) atoms. The average molecular weight is 296 g/mol. The number of aryl methyl sites for hydroxylation is 2. The number of urea groups is 1. The highest BCUT2D eigenvalue weighted by Crippen LogP contribution is 2.06. The van der Waals surface area contributed by atoms with Crippen LogP contribution in [0.2, 0.25) is 0 Å². The van der Waals surface area contributed by atoms with Crippen LogP contribution in [-0.2, 0) is 24.8 Å². The third kappa shape index (κ3) is 6.29. The zero-order valence-electron chi connectivity index (χ0n) is 12.8. The molecule has 0 fully saturated rings. The van der Waals surface area contributed by atoms with Crippen LogP contribution in [0.15, 0.2) is 6.20 Å². The number of nitrogens with one attached hydrogen (secondary N) is 2. The third-order valence-electron chi connectivity index (χ3n) is 3.23. The number of carboxylic acid groups (broad SMARTS) is 1. The molecule has 0 saturated carbocycles. The van der Waals surface area contributed by atoms with Crippen LogP contribution in [-0.4, -0.2) is 33.4 Å². The number of aliphatic carboxylic acids is 1. The van der Waals surface area contributed by atoms with Gasteiger partial charge in [0.1, 0.15) is 0 Å². The highest BCUT2D eigenvalue weighted by molar-refractivity contribution is 5.73. The van der Waals surface area contributed by atoms with Gasteiger partial charge in [-0.05, 0) is 18.8 Å². The van der Waals surface area contributed by atoms with Crippen molar-refractivity contribution in [2.45, 2.75) is 39.7 Å². The number of carbonyl (C=O) groups is 2. The van der Waals surface area contributed by atoms with Gasteiger partial charge in [-0.2, -0.15) is 5.10 Å². The van der Waals surface area contributed by atoms with Crippen LogP contribution < -0.4 is 10.6 Å². The van der Waals surface area contributed by atoms with E-state index in [2.05, 4.69) is 15.7 Å². The molecule has 0 aliphatic rings. The maximum Gasteiger partial charge on any atom is 0.315 e. The molecule has 1 unspecified atom stereocenters. The summed E-state index contributed by atoms with van der Waals surface area (Å²) < 4.78 is 1.74. The monoisotopic (exact) mass is 296 g/mol. The lowest BCUT2D eigenvalue weighted by Gasteiger charge is -2.12. The summed E-state index contributed by atoms with van der Waals surface area (Å²) in [6.45, 7) is 4.84. The summed E-state index contributed by atoms with van der Waals surface area (Å²) in [5, 5.41) is 18.4. The van der Waals surface area contributed by atoms with Crippen LogP contribution in [0.25, 0.3) is 0 Å². The normalized spacial score (nSPS) is 12.0. The Hall–Kier alpha value is -2.05. The van der Waals surface area contributed by atoms with Gasteiger partial charge in [0, 0.05) is 38.3 Å². The first-order valence-electron chi connectivity index (χ1n) is 7.17. The zero-order chi connectivity index (χ0) is 15.8. The van der Waals surface area contributed by atoms with E-state index in [1.165, 1.54) is 0 Å². The van der Waals surface area contributed by atoms with Crippen molar-refractivity contribution in [3.8, 4) is 0 Å². The Morgan fingerprint density at radius 1 is 1.43 bits per heavy atom. The van der Waals surface area contributed by atoms with Crippen LogP contribution in [0.1, 0.15) is 37.9 Å². The largest absolute Gasteiger partial charge is 0.481 e. The maximum atomic E-state index is 11.7. The topological polar surface area (TPSA) is 96.3 Å². The van der Waals surface area contributed by atoms with E-state index < -0.39 is 5.97 Å². The van der Waals surface area contributed by atoms with E-state index in [1.54, 1.807) is 4.68 Å². The highest BCUT2D eigenvalue weighted by Gasteiger charge is 2.09. The van der Waals surface area contributed by atoms with E-state index in [-0.39, 0.29) is 18.4 Å². The van der Waals surface area contributed by atoms with Gasteiger partial charge in [0.05, 0.1) is 5.69 Å². The Morgan fingerprint density at radius 3 is 2.76 bits per heavy atom. The molecule has 7 heteroatoms. The average Bonchev–Trinajstić information content (AvgIpc) is 2.80. The molecular weight excluding hydrogens is 272 g/mol. The number of hydrogen-bond donors (Lipinski definition) is 3. The van der Waals surface area contributed by atoms with Gasteiger partial charge in [0.25, 0.3) is 0 Å². The molecule has 0 spiro atoms. The second-order valence-electron chi connectivity index (χ2n) is 5.23. The van der Waals surface area contributed by atoms with Crippen LogP contribution in [0.3, 0.4) is 0 Å². The van der Waals surface area contributed by atoms with E-state index in [0.29, 0.717) is 19.5 Å². The molecule has 0 aliphatic carbocycles. The first kappa shape index (κ1) is 17.0. The van der Waals surface area contributed by atoms with E-state index in [4.69, 9.17) is 5.11 Å². The Bertz CT molecular complexity index is 485. The zero-order valence-corrected chi connectivity index (χ0v) is 12.8. The SMILES string of the molecule is CCc1nn(C)cc1CNC(=O)NCC(C)CCC(=O)O. The Labute approximate surface area is 124 Å². The van der Waals surface area contributed by atoms with Crippen molar-refractivity contribution in [3.05, 3.63) is 17.5 Å². The minimum absolute atomic E-state index is 0.125. The van der Waals surface area contributed by atoms with Crippen LogP contribution in [0, 0.1) is 5.92 Å². The van der Waals surface area contributed by atoms with E-state index >= 15 is 0 Å². The summed E-state index contributed by atoms with van der Waals surface area (Å²) in [5.41, 5.74) is 1.99. The number of carboxylic acids is 1. The van der Waals surface area contributed by atoms with Gasteiger partial charge in [0.15, 0.2) is 0 Å². The van der Waals surface area contributed by atoms with Gasteiger partial charge in [-0.1, -0.05) is 13.8 Å². The summed E-state index contributed by atoms with van der Waals surface area (Å²) in [7, 11) is 1.85. The molecule has 0 radical (unpaired) electrons. The molecule has 7 nitrogen and oxygen atoms in total. The first-order chi connectivity index (χ1) is 9.92. The predicted octanol–water partition coefficient (Wildman–Crippen LogP) is 1.28. The molecule has 1 heterocycles. The molecule has 0 aliphatic heterocycles. The number of aromatic nitrogens is 2. The first-order valence-corrected chi connectivity index (χ1v) is 7.17. The standard InChI is InChI=1S/C14H24N4O3/c1-4-12-11(9-18(3)17-12)8-16-14(21)15-7-10(2)5-6-13(19)20/h9-10H,4-8H2,1-3H3,(H,19,20)(H2,15,16,21). The van der Waals surface area contributed by atoms with E-state index in [0.717, 1.165) is 17.7 Å². The Balaban J connectivity index is 2.29. The number of hydrogen-bond acceptors (Lipinski definition) is 3. The number of amides is 2. The van der Waals surface area contributed by atoms with Crippen LogP contribution in [0.4, 0.5) is 4.79 Å². The number of rotatable bonds is 8. The van der Waals surface area contributed by atoms with E-state index in [9.17, 15) is 9.59 Å². The lowest BCUT2D eigenvalue weighted by atomic mass is 10.1. The van der Waals surface area contributed by atoms with E-state index in [1.807, 2.05) is 27.1 Å². The summed E-state index contributed by atoms with van der Waals surface area (Å²) in [5.74, 6) is -0.675. The molecule has 1 aromatic heterocycles. The number of carbonyl (C=O) groups excluding carboxylic acids is 1. The minimum atomic E-state index is -0.810. The lowest BCUT2D eigenvalue weighted by Crippen LogP contribution is -2.37. The lowest BCUT2D eigenvalue weighted by molar-refractivity contribution is -0.137. The van der Waals surface area contributed by atoms with Crippen molar-refractivity contribution in [3.63, 3.8) is 0 Å². The van der Waals surface area contributed by atoms with Crippen molar-refractivity contribution in [1.29, 1.82) is 0 Å². The van der Waals surface area contributed by atoms with Gasteiger partial charge in [-0.3, -0.25) is 9.48 Å². The molecule has 1 rings (SSSR count). The molecule has 0 bridgehead atoms. The third-order valence-corrected chi connectivity index (χ3v) is 3.23. The smallest absolute Gasteiger partial charge is 0.315 e. The van der Waals surface area contributed by atoms with Gasteiger partial charge < -0.3 is 15.7 Å². The molecule has 1 aromatic rings. The minimum Gasteiger partial charge on any atom is -0.481 e. The molecule has 1 atom stereocenters. The van der Waals surface area contributed by atoms with Crippen LogP contribution >= 0.6 is 0 Å². The predicted molar refractivity (Wildman–Crippen MR) is 78.9 cm³/mol. The second kappa shape index (κ2) is 8.28. The molecule has 0 aromatic carbocycles. The van der Waals surface area contributed by atoms with Crippen molar-refractivity contribution in [2.75, 3.05) is 6.54 Å². The quantitative estimate of drug-likeness (QED) is 0.673. The number of nitrogens with zero attached hydrogens (tertiary/aromatic N) is 2. The summed E-state index contributed by atoms with van der Waals surface area (Å²) >= 11 is 0. The summed E-state index contributed by atoms with van der Waals surface area (Å²) in [4.78, 5) is 22.2.